The molecule has 0 saturated heterocycles. The second-order valence-electron chi connectivity index (χ2n) is 4.23. The van der Waals surface area contributed by atoms with Crippen LogP contribution < -0.4 is 10.6 Å². The topological polar surface area (TPSA) is 63.6 Å². The third-order valence-corrected chi connectivity index (χ3v) is 6.07. The van der Waals surface area contributed by atoms with Crippen LogP contribution in [0.4, 0.5) is 0 Å². The van der Waals surface area contributed by atoms with Crippen LogP contribution in [0.1, 0.15) is 0 Å². The van der Waals surface area contributed by atoms with Gasteiger partial charge in [0.05, 0.1) is 7.11 Å². The molecular formula is C15H15O4P. The summed E-state index contributed by atoms with van der Waals surface area (Å²) >= 11 is 0. The van der Waals surface area contributed by atoms with Crippen LogP contribution in [0.5, 0.6) is 0 Å². The molecule has 1 unspecified atom stereocenters. The van der Waals surface area contributed by atoms with Crippen molar-refractivity contribution in [3.05, 3.63) is 60.7 Å². The molecule has 1 N–H and O–H groups in total. The number of hydrogen-bond donors (Lipinski definition) is 1. The molecule has 4 nitrogen and oxygen atoms in total. The summed E-state index contributed by atoms with van der Waals surface area (Å²) in [6.07, 6.45) is 0. The average Bonchev–Trinajstić information content (AvgIpc) is 2.54. The van der Waals surface area contributed by atoms with Crippen LogP contribution in [0.2, 0.25) is 0 Å². The van der Waals surface area contributed by atoms with Gasteiger partial charge >= 0.3 is 5.97 Å². The van der Waals surface area contributed by atoms with Gasteiger partial charge in [-0.3, -0.25) is 0 Å². The molecule has 2 aromatic rings. The molecule has 5 heteroatoms. The zero-order chi connectivity index (χ0) is 14.6. The molecule has 0 aliphatic carbocycles. The van der Waals surface area contributed by atoms with Crippen molar-refractivity contribution in [1.82, 2.24) is 0 Å². The molecule has 0 saturated carbocycles. The minimum Gasteiger partial charge on any atom is -0.467 e. The molecule has 1 atom stereocenters. The summed E-state index contributed by atoms with van der Waals surface area (Å²) in [6, 6.07) is 17.0. The molecule has 0 bridgehead atoms. The number of rotatable bonds is 4. The maximum Gasteiger partial charge on any atom is 0.343 e. The van der Waals surface area contributed by atoms with Gasteiger partial charge in [-0.05, 0) is 0 Å². The quantitative estimate of drug-likeness (QED) is 0.684. The van der Waals surface area contributed by atoms with E-state index in [1.807, 2.05) is 0 Å². The summed E-state index contributed by atoms with van der Waals surface area (Å²) < 4.78 is 17.9. The number of hydrogen-bond acceptors (Lipinski definition) is 4. The molecule has 0 aromatic heterocycles. The number of carbonyl (C=O) groups excluding carboxylic acids is 1. The summed E-state index contributed by atoms with van der Waals surface area (Å²) in [4.78, 5) is 11.7. The first-order valence-electron chi connectivity index (χ1n) is 6.07. The first-order chi connectivity index (χ1) is 9.60. The highest BCUT2D eigenvalue weighted by atomic mass is 31.2. The van der Waals surface area contributed by atoms with Crippen molar-refractivity contribution in [2.24, 2.45) is 0 Å². The predicted molar refractivity (Wildman–Crippen MR) is 77.8 cm³/mol. The maximum absolute atomic E-state index is 13.4. The van der Waals surface area contributed by atoms with Gasteiger partial charge in [-0.2, -0.15) is 0 Å². The fraction of sp³-hybridized carbons (Fsp3) is 0.133. The Bertz CT molecular complexity index is 581. The lowest BCUT2D eigenvalue weighted by molar-refractivity contribution is -0.146. The van der Waals surface area contributed by atoms with Gasteiger partial charge in [0, 0.05) is 10.6 Å². The third-order valence-electron chi connectivity index (χ3n) is 3.04. The van der Waals surface area contributed by atoms with E-state index in [-0.39, 0.29) is 0 Å². The highest BCUT2D eigenvalue weighted by Gasteiger charge is 2.40. The second kappa shape index (κ2) is 6.04. The Morgan fingerprint density at radius 1 is 1.00 bits per heavy atom. The molecule has 0 radical (unpaired) electrons. The molecule has 0 aliphatic rings. The molecule has 104 valence electrons. The summed E-state index contributed by atoms with van der Waals surface area (Å²) in [7, 11) is -2.35. The molecule has 0 fully saturated rings. The zero-order valence-corrected chi connectivity index (χ0v) is 11.9. The van der Waals surface area contributed by atoms with Gasteiger partial charge in [-0.25, -0.2) is 4.79 Å². The largest absolute Gasteiger partial charge is 0.467 e. The fourth-order valence-electron chi connectivity index (χ4n) is 1.98. The van der Waals surface area contributed by atoms with Crippen molar-refractivity contribution in [1.29, 1.82) is 0 Å². The maximum atomic E-state index is 13.4. The highest BCUT2D eigenvalue weighted by molar-refractivity contribution is 7.79. The van der Waals surface area contributed by atoms with Crippen molar-refractivity contribution < 1.29 is 19.2 Å². The first kappa shape index (κ1) is 14.5. The van der Waals surface area contributed by atoms with Crippen LogP contribution in [0, 0.1) is 0 Å². The van der Waals surface area contributed by atoms with Crippen LogP contribution >= 0.6 is 7.14 Å². The Morgan fingerprint density at radius 2 is 1.40 bits per heavy atom. The van der Waals surface area contributed by atoms with E-state index in [0.29, 0.717) is 10.6 Å². The van der Waals surface area contributed by atoms with Crippen molar-refractivity contribution in [2.75, 3.05) is 7.11 Å². The van der Waals surface area contributed by atoms with E-state index in [9.17, 15) is 14.5 Å². The van der Waals surface area contributed by atoms with Crippen LogP contribution in [0.25, 0.3) is 0 Å². The number of methoxy groups -OCH3 is 1. The van der Waals surface area contributed by atoms with E-state index in [2.05, 4.69) is 4.74 Å². The van der Waals surface area contributed by atoms with Crippen LogP contribution in [-0.2, 0) is 14.1 Å². The van der Waals surface area contributed by atoms with E-state index in [4.69, 9.17) is 0 Å². The minimum absolute atomic E-state index is 0.420. The molecular weight excluding hydrogens is 275 g/mol. The Kier molecular flexibility index (Phi) is 4.38. The summed E-state index contributed by atoms with van der Waals surface area (Å²) in [5, 5.41) is 11.0. The molecule has 2 aromatic carbocycles. The van der Waals surface area contributed by atoms with Gasteiger partial charge in [0.1, 0.15) is 0 Å². The normalized spacial score (nSPS) is 12.7. The average molecular weight is 290 g/mol. The third kappa shape index (κ3) is 2.53. The molecule has 2 rings (SSSR count). The minimum atomic E-state index is -3.51. The number of aliphatic hydroxyl groups is 1. The molecule has 0 aliphatic heterocycles. The van der Waals surface area contributed by atoms with Crippen LogP contribution in [-0.4, -0.2) is 24.0 Å². The Morgan fingerprint density at radius 3 is 1.75 bits per heavy atom. The smallest absolute Gasteiger partial charge is 0.343 e. The monoisotopic (exact) mass is 290 g/mol. The van der Waals surface area contributed by atoms with Crippen molar-refractivity contribution in [3.63, 3.8) is 0 Å². The van der Waals surface area contributed by atoms with Crippen molar-refractivity contribution >= 4 is 23.7 Å². The molecule has 0 heterocycles. The van der Waals surface area contributed by atoms with Crippen molar-refractivity contribution in [3.8, 4) is 0 Å². The van der Waals surface area contributed by atoms with E-state index >= 15 is 0 Å². The number of benzene rings is 2. The van der Waals surface area contributed by atoms with Gasteiger partial charge in [0.15, 0.2) is 7.14 Å². The lowest BCUT2D eigenvalue weighted by atomic mass is 10.4. The summed E-state index contributed by atoms with van der Waals surface area (Å²) in [5.74, 6) is -2.61. The van der Waals surface area contributed by atoms with Gasteiger partial charge in [0.25, 0.3) is 0 Å². The summed E-state index contributed by atoms with van der Waals surface area (Å²) in [6.45, 7) is 0. The number of carbonyl (C=O) groups is 1. The SMILES string of the molecule is COC(=O)C(O)P(=O)(c1ccccc1)c1ccccc1. The predicted octanol–water partition coefficient (Wildman–Crippen LogP) is 1.49. The molecule has 0 amide bonds. The van der Waals surface area contributed by atoms with E-state index < -0.39 is 19.0 Å². The van der Waals surface area contributed by atoms with Crippen LogP contribution in [0.3, 0.4) is 0 Å². The zero-order valence-electron chi connectivity index (χ0n) is 11.0. The Hall–Kier alpha value is -1.90. The van der Waals surface area contributed by atoms with Crippen molar-refractivity contribution in [2.45, 2.75) is 5.85 Å². The van der Waals surface area contributed by atoms with Gasteiger partial charge in [-0.15, -0.1) is 0 Å². The highest BCUT2D eigenvalue weighted by Crippen LogP contribution is 2.47. The number of aliphatic hydroxyl groups excluding tert-OH is 1. The fourth-order valence-corrected chi connectivity index (χ4v) is 4.48. The Labute approximate surface area is 117 Å². The van der Waals surface area contributed by atoms with E-state index in [1.165, 1.54) is 0 Å². The lowest BCUT2D eigenvalue weighted by Crippen LogP contribution is -2.32. The Balaban J connectivity index is 2.61. The molecule has 0 spiro atoms. The van der Waals surface area contributed by atoms with E-state index in [1.54, 1.807) is 60.7 Å². The summed E-state index contributed by atoms with van der Waals surface area (Å²) in [5.41, 5.74) is 0. The lowest BCUT2D eigenvalue weighted by Gasteiger charge is -2.22. The number of ether oxygens (including phenoxy) is 1. The van der Waals surface area contributed by atoms with Gasteiger partial charge in [0.2, 0.25) is 5.85 Å². The van der Waals surface area contributed by atoms with Crippen LogP contribution in [0.15, 0.2) is 60.7 Å². The molecule has 20 heavy (non-hydrogen) atoms. The number of esters is 1. The van der Waals surface area contributed by atoms with Gasteiger partial charge < -0.3 is 14.4 Å². The first-order valence-corrected chi connectivity index (χ1v) is 7.85. The second-order valence-corrected chi connectivity index (χ2v) is 7.06. The van der Waals surface area contributed by atoms with Gasteiger partial charge in [-0.1, -0.05) is 60.7 Å². The van der Waals surface area contributed by atoms with E-state index in [0.717, 1.165) is 7.11 Å². The standard InChI is InChI=1S/C15H15O4P/c1-19-14(16)15(17)20(18,12-8-4-2-5-9-12)13-10-6-3-7-11-13/h2-11,15,17H,1H3.